The molecule has 1 aromatic carbocycles. The van der Waals surface area contributed by atoms with Crippen LogP contribution in [0, 0.1) is 0 Å². The minimum Gasteiger partial charge on any atom is -0.347 e. The van der Waals surface area contributed by atoms with Crippen molar-refractivity contribution in [2.24, 2.45) is 0 Å². The van der Waals surface area contributed by atoms with Crippen molar-refractivity contribution in [2.45, 2.75) is 45.1 Å². The van der Waals surface area contributed by atoms with Gasteiger partial charge in [-0.25, -0.2) is 8.42 Å². The summed E-state index contributed by atoms with van der Waals surface area (Å²) >= 11 is 0. The number of rotatable bonds is 8. The van der Waals surface area contributed by atoms with Gasteiger partial charge in [-0.15, -0.1) is 0 Å². The lowest BCUT2D eigenvalue weighted by Gasteiger charge is -2.21. The molecule has 23 heavy (non-hydrogen) atoms. The molecule has 0 bridgehead atoms. The highest BCUT2D eigenvalue weighted by Gasteiger charge is 2.24. The Kier molecular flexibility index (Phi) is 5.59. The van der Waals surface area contributed by atoms with Crippen molar-refractivity contribution in [1.29, 1.82) is 0 Å². The first-order chi connectivity index (χ1) is 11.0. The molecule has 6 heteroatoms. The third kappa shape index (κ3) is 3.33. The van der Waals surface area contributed by atoms with Crippen LogP contribution in [0.1, 0.15) is 44.0 Å². The second-order valence-corrected chi connectivity index (χ2v) is 7.51. The van der Waals surface area contributed by atoms with Crippen LogP contribution in [-0.2, 0) is 16.6 Å². The number of carbonyl (C=O) groups is 1. The van der Waals surface area contributed by atoms with Gasteiger partial charge in [-0.1, -0.05) is 13.8 Å². The quantitative estimate of drug-likeness (QED) is 0.695. The van der Waals surface area contributed by atoms with Gasteiger partial charge in [0, 0.05) is 42.3 Å². The highest BCUT2D eigenvalue weighted by Crippen LogP contribution is 2.26. The van der Waals surface area contributed by atoms with Gasteiger partial charge in [0.05, 0.1) is 4.90 Å². The van der Waals surface area contributed by atoms with Crippen LogP contribution >= 0.6 is 0 Å². The minimum atomic E-state index is -3.53. The lowest BCUT2D eigenvalue weighted by molar-refractivity contribution is 0.112. The standard InChI is InChI=1S/C17H24N2O3S/c1-4-9-19(10-5-2)23(21,22)15-7-8-17-16(11-15)14(13-20)12-18(17)6-3/h7-8,11-13H,4-6,9-10H2,1-3H3. The highest BCUT2D eigenvalue weighted by molar-refractivity contribution is 7.89. The number of aldehydes is 1. The Hall–Kier alpha value is -1.66. The Morgan fingerprint density at radius 2 is 1.78 bits per heavy atom. The topological polar surface area (TPSA) is 59.4 Å². The maximum absolute atomic E-state index is 12.9. The van der Waals surface area contributed by atoms with Crippen LogP contribution in [0.5, 0.6) is 0 Å². The maximum atomic E-state index is 12.9. The van der Waals surface area contributed by atoms with Crippen molar-refractivity contribution in [3.63, 3.8) is 0 Å². The monoisotopic (exact) mass is 336 g/mol. The fourth-order valence-corrected chi connectivity index (χ4v) is 4.47. The number of fused-ring (bicyclic) bond motifs is 1. The van der Waals surface area contributed by atoms with E-state index < -0.39 is 10.0 Å². The normalized spacial score (nSPS) is 12.2. The molecular weight excluding hydrogens is 312 g/mol. The second kappa shape index (κ2) is 7.27. The van der Waals surface area contributed by atoms with E-state index in [9.17, 15) is 13.2 Å². The lowest BCUT2D eigenvalue weighted by atomic mass is 10.2. The molecule has 0 aliphatic rings. The molecule has 0 unspecified atom stereocenters. The number of hydrogen-bond donors (Lipinski definition) is 0. The summed E-state index contributed by atoms with van der Waals surface area (Å²) in [6, 6.07) is 5.05. The Morgan fingerprint density at radius 1 is 1.13 bits per heavy atom. The van der Waals surface area contributed by atoms with Gasteiger partial charge in [-0.05, 0) is 38.0 Å². The SMILES string of the molecule is CCCN(CCC)S(=O)(=O)c1ccc2c(c1)c(C=O)cn2CC. The van der Waals surface area contributed by atoms with Crippen LogP contribution in [0.25, 0.3) is 10.9 Å². The molecule has 5 nitrogen and oxygen atoms in total. The van der Waals surface area contributed by atoms with Crippen LogP contribution in [0.2, 0.25) is 0 Å². The van der Waals surface area contributed by atoms with Gasteiger partial charge >= 0.3 is 0 Å². The molecule has 1 heterocycles. The van der Waals surface area contributed by atoms with Crippen molar-refractivity contribution in [1.82, 2.24) is 8.87 Å². The highest BCUT2D eigenvalue weighted by atomic mass is 32.2. The Balaban J connectivity index is 2.56. The number of aromatic nitrogens is 1. The third-order valence-corrected chi connectivity index (χ3v) is 5.83. The van der Waals surface area contributed by atoms with E-state index >= 15 is 0 Å². The predicted molar refractivity (Wildman–Crippen MR) is 92.3 cm³/mol. The van der Waals surface area contributed by atoms with Gasteiger partial charge in [0.15, 0.2) is 6.29 Å². The van der Waals surface area contributed by atoms with E-state index in [1.54, 1.807) is 24.4 Å². The molecule has 0 radical (unpaired) electrons. The minimum absolute atomic E-state index is 0.254. The van der Waals surface area contributed by atoms with Gasteiger partial charge in [0.2, 0.25) is 10.0 Å². The van der Waals surface area contributed by atoms with Crippen LogP contribution in [0.15, 0.2) is 29.3 Å². The van der Waals surface area contributed by atoms with Gasteiger partial charge in [-0.3, -0.25) is 4.79 Å². The Labute approximate surface area is 137 Å². The zero-order valence-corrected chi connectivity index (χ0v) is 14.8. The molecule has 0 aliphatic heterocycles. The molecule has 2 aromatic rings. The summed E-state index contributed by atoms with van der Waals surface area (Å²) < 4.78 is 29.2. The lowest BCUT2D eigenvalue weighted by Crippen LogP contribution is -2.32. The first-order valence-electron chi connectivity index (χ1n) is 8.07. The van der Waals surface area contributed by atoms with Crippen molar-refractivity contribution in [3.8, 4) is 0 Å². The fourth-order valence-electron chi connectivity index (χ4n) is 2.82. The zero-order valence-electron chi connectivity index (χ0n) is 13.9. The average Bonchev–Trinajstić information content (AvgIpc) is 2.91. The number of carbonyl (C=O) groups excluding carboxylic acids is 1. The van der Waals surface area contributed by atoms with Crippen LogP contribution in [0.3, 0.4) is 0 Å². The summed E-state index contributed by atoms with van der Waals surface area (Å²) in [5.74, 6) is 0. The third-order valence-electron chi connectivity index (χ3n) is 3.93. The Morgan fingerprint density at radius 3 is 2.30 bits per heavy atom. The van der Waals surface area contributed by atoms with Crippen molar-refractivity contribution >= 4 is 27.2 Å². The molecule has 0 amide bonds. The molecule has 0 saturated carbocycles. The first-order valence-corrected chi connectivity index (χ1v) is 9.51. The number of nitrogens with zero attached hydrogens (tertiary/aromatic N) is 2. The van der Waals surface area contributed by atoms with E-state index in [-0.39, 0.29) is 4.90 Å². The average molecular weight is 336 g/mol. The van der Waals surface area contributed by atoms with Gasteiger partial charge in [-0.2, -0.15) is 4.31 Å². The largest absolute Gasteiger partial charge is 0.347 e. The molecule has 2 rings (SSSR count). The molecule has 0 spiro atoms. The molecule has 0 atom stereocenters. The summed E-state index contributed by atoms with van der Waals surface area (Å²) in [5.41, 5.74) is 1.41. The van der Waals surface area contributed by atoms with E-state index in [0.29, 0.717) is 24.0 Å². The van der Waals surface area contributed by atoms with Gasteiger partial charge in [0.25, 0.3) is 0 Å². The van der Waals surface area contributed by atoms with E-state index in [2.05, 4.69) is 0 Å². The summed E-state index contributed by atoms with van der Waals surface area (Å²) in [6.45, 7) is 7.66. The number of benzene rings is 1. The molecule has 0 N–H and O–H groups in total. The summed E-state index contributed by atoms with van der Waals surface area (Å²) in [5, 5.41) is 0.691. The van der Waals surface area contributed by atoms with E-state index in [0.717, 1.165) is 31.2 Å². The predicted octanol–water partition coefficient (Wildman–Crippen LogP) is 3.28. The van der Waals surface area contributed by atoms with Crippen molar-refractivity contribution < 1.29 is 13.2 Å². The van der Waals surface area contributed by atoms with E-state index in [1.165, 1.54) is 4.31 Å². The van der Waals surface area contributed by atoms with E-state index in [4.69, 9.17) is 0 Å². The van der Waals surface area contributed by atoms with E-state index in [1.807, 2.05) is 25.3 Å². The molecular formula is C17H24N2O3S. The molecule has 126 valence electrons. The van der Waals surface area contributed by atoms with Crippen LogP contribution < -0.4 is 0 Å². The maximum Gasteiger partial charge on any atom is 0.243 e. The number of aryl methyl sites for hydroxylation is 1. The smallest absolute Gasteiger partial charge is 0.243 e. The molecule has 1 aromatic heterocycles. The molecule has 0 aliphatic carbocycles. The summed E-state index contributed by atoms with van der Waals surface area (Å²) in [6.07, 6.45) is 4.09. The first kappa shape index (κ1) is 17.7. The Bertz CT molecular complexity index is 788. The zero-order chi connectivity index (χ0) is 17.0. The fraction of sp³-hybridized carbons (Fsp3) is 0.471. The van der Waals surface area contributed by atoms with Gasteiger partial charge in [0.1, 0.15) is 0 Å². The summed E-state index contributed by atoms with van der Waals surface area (Å²) in [7, 11) is -3.53. The molecule has 0 saturated heterocycles. The second-order valence-electron chi connectivity index (χ2n) is 5.57. The summed E-state index contributed by atoms with van der Waals surface area (Å²) in [4.78, 5) is 11.5. The van der Waals surface area contributed by atoms with Gasteiger partial charge < -0.3 is 4.57 Å². The van der Waals surface area contributed by atoms with Crippen LogP contribution in [0.4, 0.5) is 0 Å². The van der Waals surface area contributed by atoms with Crippen molar-refractivity contribution in [3.05, 3.63) is 30.0 Å². The van der Waals surface area contributed by atoms with Crippen LogP contribution in [-0.4, -0.2) is 36.7 Å². The van der Waals surface area contributed by atoms with Crippen molar-refractivity contribution in [2.75, 3.05) is 13.1 Å². The number of hydrogen-bond acceptors (Lipinski definition) is 3. The molecule has 0 fully saturated rings. The number of sulfonamides is 1.